The van der Waals surface area contributed by atoms with Gasteiger partial charge in [-0.05, 0) is 13.8 Å². The second kappa shape index (κ2) is 6.67. The average molecular weight is 421 g/mol. The van der Waals surface area contributed by atoms with Gasteiger partial charge in [-0.2, -0.15) is 0 Å². The van der Waals surface area contributed by atoms with Gasteiger partial charge in [-0.1, -0.05) is 83.1 Å². The van der Waals surface area contributed by atoms with Crippen LogP contribution in [0.3, 0.4) is 0 Å². The maximum atomic E-state index is 13.9. The molecule has 2 atom stereocenters. The highest BCUT2D eigenvalue weighted by Crippen LogP contribution is 2.47. The summed E-state index contributed by atoms with van der Waals surface area (Å²) in [4.78, 5) is 13.9. The van der Waals surface area contributed by atoms with Crippen molar-refractivity contribution >= 4 is 5.78 Å². The van der Waals surface area contributed by atoms with Crippen LogP contribution in [0, 0.1) is 21.7 Å². The van der Waals surface area contributed by atoms with Crippen molar-refractivity contribution in [2.24, 2.45) is 21.7 Å². The quantitative estimate of drug-likeness (QED) is 0.588. The maximum absolute atomic E-state index is 13.9. The molecule has 5 heteroatoms. The van der Waals surface area contributed by atoms with Crippen molar-refractivity contribution in [3.8, 4) is 0 Å². The molecule has 2 rings (SSSR count). The normalized spacial score (nSPS) is 28.2. The number of nitrogens with one attached hydrogen (secondary N) is 2. The van der Waals surface area contributed by atoms with Gasteiger partial charge in [0.25, 0.3) is 5.78 Å². The lowest BCUT2D eigenvalue weighted by Gasteiger charge is -2.39. The third-order valence-electron chi connectivity index (χ3n) is 6.57. The van der Waals surface area contributed by atoms with Crippen LogP contribution in [0.4, 0.5) is 0 Å². The van der Waals surface area contributed by atoms with Crippen LogP contribution in [-0.4, -0.2) is 17.2 Å². The molecule has 2 aliphatic rings. The number of carbonyl (C=O) groups is 1. The van der Waals surface area contributed by atoms with E-state index in [1.807, 2.05) is 13.8 Å². The zero-order chi connectivity index (χ0) is 23.7. The average Bonchev–Trinajstić information content (AvgIpc) is 3.04. The van der Waals surface area contributed by atoms with Gasteiger partial charge in [0.05, 0.1) is 11.4 Å². The van der Waals surface area contributed by atoms with E-state index in [1.54, 1.807) is 0 Å². The van der Waals surface area contributed by atoms with Gasteiger partial charge >= 0.3 is 0 Å². The van der Waals surface area contributed by atoms with E-state index in [4.69, 9.17) is 9.47 Å². The summed E-state index contributed by atoms with van der Waals surface area (Å²) < 4.78 is 12.8. The zero-order valence-electron chi connectivity index (χ0n) is 21.7. The first-order valence-electron chi connectivity index (χ1n) is 11.0. The van der Waals surface area contributed by atoms with Gasteiger partial charge in [0.2, 0.25) is 0 Å². The number of Topliss-reactive ketones (excluding diaryl/α,β-unsaturated/α-hetero) is 1. The van der Waals surface area contributed by atoms with Crippen molar-refractivity contribution in [3.05, 3.63) is 22.9 Å². The van der Waals surface area contributed by atoms with E-state index in [1.165, 1.54) is 0 Å². The Morgan fingerprint density at radius 3 is 1.10 bits per heavy atom. The minimum atomic E-state index is -0.692. The summed E-state index contributed by atoms with van der Waals surface area (Å²) >= 11 is 0. The van der Waals surface area contributed by atoms with E-state index in [9.17, 15) is 4.79 Å². The third kappa shape index (κ3) is 4.09. The van der Waals surface area contributed by atoms with Crippen LogP contribution < -0.4 is 10.6 Å². The molecule has 0 aromatic rings. The molecule has 0 aromatic carbocycles. The fourth-order valence-corrected chi connectivity index (χ4v) is 3.31. The fourth-order valence-electron chi connectivity index (χ4n) is 3.31. The summed E-state index contributed by atoms with van der Waals surface area (Å²) in [6.07, 6.45) is 0. The Hall–Kier alpha value is -1.65. The minimum Gasteiger partial charge on any atom is -0.462 e. The van der Waals surface area contributed by atoms with Crippen LogP contribution in [0.2, 0.25) is 0 Å². The van der Waals surface area contributed by atoms with Crippen molar-refractivity contribution in [1.82, 2.24) is 10.6 Å². The summed E-state index contributed by atoms with van der Waals surface area (Å²) in [6.45, 7) is 29.2. The molecule has 30 heavy (non-hydrogen) atoms. The summed E-state index contributed by atoms with van der Waals surface area (Å²) in [5, 5.41) is 7.09. The van der Waals surface area contributed by atoms with E-state index in [2.05, 4.69) is 93.7 Å². The second-order valence-corrected chi connectivity index (χ2v) is 13.3. The Morgan fingerprint density at radius 1 is 0.633 bits per heavy atom. The molecule has 2 unspecified atom stereocenters. The number of rotatable bonds is 2. The summed E-state index contributed by atoms with van der Waals surface area (Å²) in [5.74, 6) is 0.513. The van der Waals surface area contributed by atoms with E-state index in [-0.39, 0.29) is 27.4 Å². The molecule has 172 valence electrons. The Balaban J connectivity index is 2.62. The highest BCUT2D eigenvalue weighted by atomic mass is 16.6. The fraction of sp³-hybridized carbons (Fsp3) is 0.800. The molecule has 2 heterocycles. The van der Waals surface area contributed by atoms with E-state index in [0.29, 0.717) is 11.5 Å². The van der Waals surface area contributed by atoms with Crippen LogP contribution in [-0.2, 0) is 14.3 Å². The molecule has 0 radical (unpaired) electrons. The largest absolute Gasteiger partial charge is 0.462 e. The van der Waals surface area contributed by atoms with Crippen LogP contribution in [0.15, 0.2) is 22.9 Å². The monoisotopic (exact) mass is 420 g/mol. The van der Waals surface area contributed by atoms with Gasteiger partial charge in [0, 0.05) is 21.7 Å². The molecule has 0 aromatic heterocycles. The van der Waals surface area contributed by atoms with Crippen LogP contribution in [0.1, 0.15) is 96.9 Å². The summed E-state index contributed by atoms with van der Waals surface area (Å²) in [5.41, 5.74) is -0.753. The van der Waals surface area contributed by atoms with Gasteiger partial charge in [-0.25, -0.2) is 0 Å². The van der Waals surface area contributed by atoms with Crippen molar-refractivity contribution in [3.63, 3.8) is 0 Å². The molecule has 0 bridgehead atoms. The van der Waals surface area contributed by atoms with Crippen molar-refractivity contribution < 1.29 is 14.3 Å². The van der Waals surface area contributed by atoms with E-state index >= 15 is 0 Å². The molecule has 0 saturated heterocycles. The first-order valence-corrected chi connectivity index (χ1v) is 11.0. The van der Waals surface area contributed by atoms with Gasteiger partial charge in [0.1, 0.15) is 0 Å². The Bertz CT molecular complexity index is 728. The van der Waals surface area contributed by atoms with Gasteiger partial charge in [0.15, 0.2) is 23.0 Å². The summed E-state index contributed by atoms with van der Waals surface area (Å²) in [7, 11) is 0. The number of ether oxygens (including phenoxy) is 2. The van der Waals surface area contributed by atoms with Gasteiger partial charge in [-0.15, -0.1) is 0 Å². The SMILES string of the molecule is CC(C)(C)C1=C(C(=O)C2=C(C(C)(C)C)NC(C)(C(C)(C)C)O2)OC(C)(C(C)(C)C)N1. The predicted molar refractivity (Wildman–Crippen MR) is 122 cm³/mol. The van der Waals surface area contributed by atoms with Gasteiger partial charge < -0.3 is 20.1 Å². The molecule has 0 aliphatic carbocycles. The van der Waals surface area contributed by atoms with E-state index < -0.39 is 11.4 Å². The number of allylic oxidation sites excluding steroid dienone is 2. The smallest absolute Gasteiger partial charge is 0.265 e. The minimum absolute atomic E-state index is 0.203. The van der Waals surface area contributed by atoms with Crippen molar-refractivity contribution in [1.29, 1.82) is 0 Å². The summed E-state index contributed by atoms with van der Waals surface area (Å²) in [6, 6.07) is 0. The lowest BCUT2D eigenvalue weighted by molar-refractivity contribution is -0.131. The molecule has 5 nitrogen and oxygen atoms in total. The third-order valence-corrected chi connectivity index (χ3v) is 6.57. The number of carbonyl (C=O) groups excluding carboxylic acids is 1. The maximum Gasteiger partial charge on any atom is 0.265 e. The van der Waals surface area contributed by atoms with Crippen LogP contribution in [0.5, 0.6) is 0 Å². The van der Waals surface area contributed by atoms with E-state index in [0.717, 1.165) is 11.4 Å². The molecule has 0 fully saturated rings. The molecule has 2 N–H and O–H groups in total. The van der Waals surface area contributed by atoms with Crippen LogP contribution in [0.25, 0.3) is 0 Å². The van der Waals surface area contributed by atoms with Crippen LogP contribution >= 0.6 is 0 Å². The lowest BCUT2D eigenvalue weighted by atomic mass is 9.83. The molecule has 0 saturated carbocycles. The van der Waals surface area contributed by atoms with Crippen molar-refractivity contribution in [2.75, 3.05) is 0 Å². The highest BCUT2D eigenvalue weighted by Gasteiger charge is 2.54. The van der Waals surface area contributed by atoms with Crippen molar-refractivity contribution in [2.45, 2.75) is 108 Å². The number of hydrogen-bond acceptors (Lipinski definition) is 5. The highest BCUT2D eigenvalue weighted by molar-refractivity contribution is 6.07. The second-order valence-electron chi connectivity index (χ2n) is 13.3. The molecular weight excluding hydrogens is 376 g/mol. The number of ketones is 1. The Morgan fingerprint density at radius 2 is 0.900 bits per heavy atom. The molecule has 0 spiro atoms. The first kappa shape index (κ1) is 24.6. The first-order chi connectivity index (χ1) is 13.0. The molecule has 0 amide bonds. The predicted octanol–water partition coefficient (Wildman–Crippen LogP) is 5.84. The number of hydrogen-bond donors (Lipinski definition) is 2. The van der Waals surface area contributed by atoms with Gasteiger partial charge in [-0.3, -0.25) is 4.79 Å². The standard InChI is InChI=1S/C25H44N2O3/c1-20(2,3)18-16(29-24(13,26-18)22(7,8)9)15(28)17-19(21(4,5)6)27-25(14,30-17)23(10,11)12/h26-27H,1-14H3. The topological polar surface area (TPSA) is 59.6 Å². The zero-order valence-corrected chi connectivity index (χ0v) is 21.7. The Labute approximate surface area is 184 Å². The lowest BCUT2D eigenvalue weighted by Crippen LogP contribution is -2.51. The molecular formula is C25H44N2O3. The Kier molecular flexibility index (Phi) is 5.47. The molecule has 2 aliphatic heterocycles.